The minimum atomic E-state index is 0.714. The summed E-state index contributed by atoms with van der Waals surface area (Å²) in [5.41, 5.74) is 8.68. The van der Waals surface area contributed by atoms with Crippen molar-refractivity contribution in [2.75, 3.05) is 14.1 Å². The molecule has 0 saturated heterocycles. The van der Waals surface area contributed by atoms with Gasteiger partial charge in [-0.15, -0.1) is 0 Å². The molecule has 33 heavy (non-hydrogen) atoms. The summed E-state index contributed by atoms with van der Waals surface area (Å²) in [6.07, 6.45) is 0.895. The van der Waals surface area contributed by atoms with Gasteiger partial charge in [0.25, 0.3) is 0 Å². The first-order valence-electron chi connectivity index (χ1n) is 11.8. The summed E-state index contributed by atoms with van der Waals surface area (Å²) in [4.78, 5) is 17.7. The van der Waals surface area contributed by atoms with Crippen molar-refractivity contribution >= 4 is 21.8 Å². The minimum absolute atomic E-state index is 0.714. The lowest BCUT2D eigenvalue weighted by Crippen LogP contribution is -2.09. The highest BCUT2D eigenvalue weighted by Crippen LogP contribution is 2.15. The summed E-state index contributed by atoms with van der Waals surface area (Å²) in [5.74, 6) is 1.78. The van der Waals surface area contributed by atoms with E-state index < -0.39 is 0 Å². The molecule has 0 spiro atoms. The minimum Gasteiger partial charge on any atom is -0.333 e. The predicted octanol–water partition coefficient (Wildman–Crippen LogP) is 5.79. The molecule has 0 fully saturated rings. The van der Waals surface area contributed by atoms with Crippen molar-refractivity contribution in [3.63, 3.8) is 0 Å². The van der Waals surface area contributed by atoms with Crippen LogP contribution in [0.25, 0.3) is 21.8 Å². The Hall–Kier alpha value is -2.96. The van der Waals surface area contributed by atoms with E-state index in [4.69, 9.17) is 0 Å². The molecule has 0 saturated carbocycles. The van der Waals surface area contributed by atoms with Crippen molar-refractivity contribution < 1.29 is 0 Å². The summed E-state index contributed by atoms with van der Waals surface area (Å²) in [7, 11) is 3.40. The first-order valence-corrected chi connectivity index (χ1v) is 11.8. The van der Waals surface area contributed by atoms with E-state index in [-0.39, 0.29) is 0 Å². The number of fused-ring (bicyclic) bond motifs is 2. The average molecular weight is 451 g/mol. The van der Waals surface area contributed by atoms with Crippen LogP contribution in [0.1, 0.15) is 57.7 Å². The molecule has 0 atom stereocenters. The van der Waals surface area contributed by atoms with Crippen LogP contribution >= 0.6 is 0 Å². The van der Waals surface area contributed by atoms with Crippen LogP contribution in [0.5, 0.6) is 0 Å². The smallest absolute Gasteiger partial charge is 0.143 e. The summed E-state index contributed by atoms with van der Waals surface area (Å²) in [6.45, 7) is 14.8. The largest absolute Gasteiger partial charge is 0.333 e. The highest BCUT2D eigenvalue weighted by molar-refractivity contribution is 5.81. The van der Waals surface area contributed by atoms with Gasteiger partial charge in [0, 0.05) is 28.6 Å². The highest BCUT2D eigenvalue weighted by atomic mass is 15.0. The molecule has 2 heterocycles. The second-order valence-electron chi connectivity index (χ2n) is 6.37. The quantitative estimate of drug-likeness (QED) is 0.411. The number of hydrogen-bond acceptors (Lipinski definition) is 6. The van der Waals surface area contributed by atoms with Crippen LogP contribution in [0, 0.1) is 13.8 Å². The lowest BCUT2D eigenvalue weighted by atomic mass is 10.2. The Morgan fingerprint density at radius 3 is 1.48 bits per heavy atom. The van der Waals surface area contributed by atoms with E-state index in [0.717, 1.165) is 51.3 Å². The van der Waals surface area contributed by atoms with Gasteiger partial charge in [0.05, 0.1) is 17.6 Å². The first kappa shape index (κ1) is 30.0. The van der Waals surface area contributed by atoms with E-state index in [1.165, 1.54) is 7.05 Å². The maximum atomic E-state index is 4.50. The fraction of sp³-hybridized carbons (Fsp3) is 0.407. The third kappa shape index (κ3) is 9.20. The van der Waals surface area contributed by atoms with Gasteiger partial charge in [-0.1, -0.05) is 71.0 Å². The lowest BCUT2D eigenvalue weighted by Gasteiger charge is -2.04. The molecule has 6 heteroatoms. The number of aromatic nitrogens is 4. The van der Waals surface area contributed by atoms with Crippen molar-refractivity contribution in [2.24, 2.45) is 5.73 Å². The van der Waals surface area contributed by atoms with Crippen LogP contribution in [0.2, 0.25) is 0 Å². The SMILES string of the molecule is CC.CC.CCc1nc(C)c2ccccc2n1.CN.CNCc1nc(C)c2ccccc2n1. The fourth-order valence-electron chi connectivity index (χ4n) is 2.99. The Kier molecular flexibility index (Phi) is 16.0. The van der Waals surface area contributed by atoms with Crippen molar-refractivity contribution in [1.29, 1.82) is 0 Å². The molecule has 0 bridgehead atoms. The molecule has 0 aliphatic carbocycles. The van der Waals surface area contributed by atoms with Crippen LogP contribution in [0.3, 0.4) is 0 Å². The molecular formula is C27H42N6. The van der Waals surface area contributed by atoms with Gasteiger partial charge in [-0.3, -0.25) is 0 Å². The van der Waals surface area contributed by atoms with Crippen LogP contribution in [-0.2, 0) is 13.0 Å². The fourth-order valence-corrected chi connectivity index (χ4v) is 2.99. The highest BCUT2D eigenvalue weighted by Gasteiger charge is 2.02. The van der Waals surface area contributed by atoms with Crippen molar-refractivity contribution in [3.8, 4) is 0 Å². The number of para-hydroxylation sites is 2. The Balaban J connectivity index is 0.000000508. The van der Waals surface area contributed by atoms with Gasteiger partial charge in [-0.05, 0) is 40.1 Å². The second-order valence-corrected chi connectivity index (χ2v) is 6.37. The van der Waals surface area contributed by atoms with Gasteiger partial charge in [-0.2, -0.15) is 0 Å². The summed E-state index contributed by atoms with van der Waals surface area (Å²) >= 11 is 0. The average Bonchev–Trinajstić information content (AvgIpc) is 2.88. The molecule has 4 rings (SSSR count). The van der Waals surface area contributed by atoms with E-state index >= 15 is 0 Å². The normalized spacial score (nSPS) is 9.27. The zero-order valence-electron chi connectivity index (χ0n) is 21.9. The Morgan fingerprint density at radius 1 is 0.667 bits per heavy atom. The van der Waals surface area contributed by atoms with Crippen LogP contribution < -0.4 is 11.1 Å². The third-order valence-corrected chi connectivity index (χ3v) is 4.33. The number of nitrogens with one attached hydrogen (secondary N) is 1. The number of rotatable bonds is 3. The Labute approximate surface area is 200 Å². The maximum Gasteiger partial charge on any atom is 0.143 e. The van der Waals surface area contributed by atoms with Crippen LogP contribution in [0.15, 0.2) is 48.5 Å². The lowest BCUT2D eigenvalue weighted by molar-refractivity contribution is 0.760. The van der Waals surface area contributed by atoms with E-state index in [2.05, 4.69) is 44.0 Å². The molecule has 6 nitrogen and oxygen atoms in total. The van der Waals surface area contributed by atoms with E-state index in [0.29, 0.717) is 6.54 Å². The maximum absolute atomic E-state index is 4.50. The molecule has 180 valence electrons. The third-order valence-electron chi connectivity index (χ3n) is 4.33. The summed E-state index contributed by atoms with van der Waals surface area (Å²) in [6, 6.07) is 16.2. The zero-order chi connectivity index (χ0) is 25.2. The van der Waals surface area contributed by atoms with Crippen molar-refractivity contribution in [2.45, 2.75) is 61.4 Å². The monoisotopic (exact) mass is 450 g/mol. The molecule has 0 unspecified atom stereocenters. The van der Waals surface area contributed by atoms with E-state index in [1.54, 1.807) is 0 Å². The second kappa shape index (κ2) is 17.6. The van der Waals surface area contributed by atoms with E-state index in [1.807, 2.05) is 91.1 Å². The molecule has 3 N–H and O–H groups in total. The van der Waals surface area contributed by atoms with Gasteiger partial charge >= 0.3 is 0 Å². The number of benzene rings is 2. The van der Waals surface area contributed by atoms with Gasteiger partial charge in [0.2, 0.25) is 0 Å². The van der Waals surface area contributed by atoms with Gasteiger partial charge in [0.15, 0.2) is 0 Å². The molecule has 2 aromatic heterocycles. The Morgan fingerprint density at radius 2 is 1.06 bits per heavy atom. The molecule has 0 radical (unpaired) electrons. The topological polar surface area (TPSA) is 89.6 Å². The van der Waals surface area contributed by atoms with Crippen LogP contribution in [-0.4, -0.2) is 34.0 Å². The van der Waals surface area contributed by atoms with E-state index in [9.17, 15) is 0 Å². The van der Waals surface area contributed by atoms with Gasteiger partial charge < -0.3 is 11.1 Å². The summed E-state index contributed by atoms with van der Waals surface area (Å²) < 4.78 is 0. The number of nitrogens with two attached hydrogens (primary N) is 1. The molecule has 4 aromatic rings. The molecule has 0 aliphatic rings. The van der Waals surface area contributed by atoms with Gasteiger partial charge in [-0.25, -0.2) is 19.9 Å². The molecule has 0 aliphatic heterocycles. The predicted molar refractivity (Wildman–Crippen MR) is 143 cm³/mol. The molecule has 2 aromatic carbocycles. The zero-order valence-corrected chi connectivity index (χ0v) is 21.9. The first-order chi connectivity index (χ1) is 16.1. The molecular weight excluding hydrogens is 408 g/mol. The number of hydrogen-bond donors (Lipinski definition) is 2. The molecule has 0 amide bonds. The standard InChI is InChI=1S/C11H13N3.C11H12N2.2C2H6.CH5N/c1-8-9-5-3-4-6-10(9)14-11(13-8)7-12-2;1-3-11-12-8(2)9-6-4-5-7-10(9)13-11;3*1-2/h3-6,12H,7H2,1-2H3;4-7H,3H2,1-2H3;2*1-2H3;2H2,1H3. The van der Waals surface area contributed by atoms with Gasteiger partial charge in [0.1, 0.15) is 11.6 Å². The van der Waals surface area contributed by atoms with Crippen molar-refractivity contribution in [3.05, 3.63) is 71.6 Å². The number of nitrogens with zero attached hydrogens (tertiary/aromatic N) is 4. The van der Waals surface area contributed by atoms with Crippen LogP contribution in [0.4, 0.5) is 0 Å². The van der Waals surface area contributed by atoms with Crippen molar-refractivity contribution in [1.82, 2.24) is 25.3 Å². The number of aryl methyl sites for hydroxylation is 3. The summed E-state index contributed by atoms with van der Waals surface area (Å²) in [5, 5.41) is 5.34. The Bertz CT molecular complexity index is 1060.